The van der Waals surface area contributed by atoms with E-state index < -0.39 is 0 Å². The summed E-state index contributed by atoms with van der Waals surface area (Å²) < 4.78 is 12.3. The summed E-state index contributed by atoms with van der Waals surface area (Å²) in [6.07, 6.45) is 0.196. The maximum Gasteiger partial charge on any atom is 0.298 e. The third kappa shape index (κ3) is 3.61. The molecule has 0 N–H and O–H groups in total. The number of fused-ring (bicyclic) bond motifs is 3. The summed E-state index contributed by atoms with van der Waals surface area (Å²) in [6.45, 7) is 5.39. The minimum atomic E-state index is 0.0980. The van der Waals surface area contributed by atoms with Crippen molar-refractivity contribution in [1.29, 1.82) is 0 Å². The maximum absolute atomic E-state index is 6.30. The van der Waals surface area contributed by atoms with Gasteiger partial charge in [0.05, 0.1) is 25.3 Å². The molecule has 1 aromatic heterocycles. The first-order chi connectivity index (χ1) is 15.6. The molecule has 2 aliphatic heterocycles. The summed E-state index contributed by atoms with van der Waals surface area (Å²) in [5.41, 5.74) is 6.61. The standard InChI is InChI=1S/C26H24ClN3O2/c1-17-7-8-19(18-5-3-2-4-6-18)11-24(17)29-13-21-15-30(16-22(14-29)31-21)26-28-23-12-20(27)9-10-25(23)32-26/h2-12,21-22H,13-16H2,1H3. The molecule has 3 aromatic carbocycles. The Morgan fingerprint density at radius 3 is 2.38 bits per heavy atom. The number of aryl methyl sites for hydroxylation is 1. The average Bonchev–Trinajstić information content (AvgIpc) is 3.22. The molecule has 162 valence electrons. The fraction of sp³-hybridized carbons (Fsp3) is 0.269. The molecule has 2 aliphatic rings. The van der Waals surface area contributed by atoms with E-state index in [9.17, 15) is 0 Å². The van der Waals surface area contributed by atoms with Crippen LogP contribution in [0.1, 0.15) is 5.56 Å². The number of halogens is 1. The van der Waals surface area contributed by atoms with Gasteiger partial charge in [0, 0.05) is 23.8 Å². The molecule has 2 atom stereocenters. The maximum atomic E-state index is 6.30. The Kier molecular flexibility index (Phi) is 4.81. The molecular weight excluding hydrogens is 422 g/mol. The van der Waals surface area contributed by atoms with Crippen molar-refractivity contribution in [3.63, 3.8) is 0 Å². The zero-order chi connectivity index (χ0) is 21.7. The predicted octanol–water partition coefficient (Wildman–Crippen LogP) is 5.55. The molecule has 0 radical (unpaired) electrons. The van der Waals surface area contributed by atoms with Gasteiger partial charge in [0.25, 0.3) is 6.01 Å². The number of hydrogen-bond donors (Lipinski definition) is 0. The van der Waals surface area contributed by atoms with Gasteiger partial charge in [0.2, 0.25) is 0 Å². The number of ether oxygens (including phenoxy) is 1. The van der Waals surface area contributed by atoms with Crippen LogP contribution in [-0.4, -0.2) is 43.4 Å². The number of benzene rings is 3. The van der Waals surface area contributed by atoms with Crippen LogP contribution in [0.2, 0.25) is 5.02 Å². The molecule has 0 saturated carbocycles. The summed E-state index contributed by atoms with van der Waals surface area (Å²) in [4.78, 5) is 9.35. The van der Waals surface area contributed by atoms with Gasteiger partial charge in [-0.25, -0.2) is 0 Å². The molecule has 5 nitrogen and oxygen atoms in total. The normalized spacial score (nSPS) is 20.7. The van der Waals surface area contributed by atoms with E-state index in [1.807, 2.05) is 18.2 Å². The van der Waals surface area contributed by atoms with Crippen molar-refractivity contribution >= 4 is 34.4 Å². The van der Waals surface area contributed by atoms with Crippen molar-refractivity contribution in [2.45, 2.75) is 19.1 Å². The minimum absolute atomic E-state index is 0.0980. The lowest BCUT2D eigenvalue weighted by Crippen LogP contribution is -2.60. The van der Waals surface area contributed by atoms with E-state index in [4.69, 9.17) is 20.8 Å². The number of oxazole rings is 1. The minimum Gasteiger partial charge on any atom is -0.423 e. The Balaban J connectivity index is 1.24. The second-order valence-electron chi connectivity index (χ2n) is 8.67. The number of anilines is 2. The van der Waals surface area contributed by atoms with Crippen molar-refractivity contribution in [2.75, 3.05) is 36.0 Å². The van der Waals surface area contributed by atoms with Crippen LogP contribution in [0.15, 0.2) is 71.1 Å². The Morgan fingerprint density at radius 2 is 1.59 bits per heavy atom. The van der Waals surface area contributed by atoms with Crippen LogP contribution in [0, 0.1) is 6.92 Å². The fourth-order valence-electron chi connectivity index (χ4n) is 4.83. The Hall–Kier alpha value is -3.02. The van der Waals surface area contributed by atoms with E-state index >= 15 is 0 Å². The van der Waals surface area contributed by atoms with Crippen LogP contribution in [0.25, 0.3) is 22.2 Å². The third-order valence-electron chi connectivity index (χ3n) is 6.35. The average molecular weight is 446 g/mol. The summed E-state index contributed by atoms with van der Waals surface area (Å²) >= 11 is 6.11. The van der Waals surface area contributed by atoms with Crippen LogP contribution in [-0.2, 0) is 4.74 Å². The molecule has 0 aliphatic carbocycles. The van der Waals surface area contributed by atoms with Crippen molar-refractivity contribution < 1.29 is 9.15 Å². The number of hydrogen-bond acceptors (Lipinski definition) is 5. The topological polar surface area (TPSA) is 41.7 Å². The Labute approximate surface area is 192 Å². The quantitative estimate of drug-likeness (QED) is 0.413. The van der Waals surface area contributed by atoms with Gasteiger partial charge >= 0.3 is 0 Å². The van der Waals surface area contributed by atoms with E-state index in [0.717, 1.165) is 37.3 Å². The molecule has 2 saturated heterocycles. The lowest BCUT2D eigenvalue weighted by atomic mass is 10.0. The Morgan fingerprint density at radius 1 is 0.844 bits per heavy atom. The van der Waals surface area contributed by atoms with E-state index in [1.165, 1.54) is 22.4 Å². The first kappa shape index (κ1) is 19.6. The molecule has 6 rings (SSSR count). The molecule has 2 fully saturated rings. The second-order valence-corrected chi connectivity index (χ2v) is 9.10. The van der Waals surface area contributed by atoms with Crippen LogP contribution in [0.3, 0.4) is 0 Å². The van der Waals surface area contributed by atoms with Gasteiger partial charge in [-0.3, -0.25) is 0 Å². The van der Waals surface area contributed by atoms with Crippen molar-refractivity contribution in [1.82, 2.24) is 4.98 Å². The van der Waals surface area contributed by atoms with E-state index in [-0.39, 0.29) is 12.2 Å². The number of rotatable bonds is 3. The van der Waals surface area contributed by atoms with Crippen LogP contribution in [0.4, 0.5) is 11.7 Å². The molecule has 32 heavy (non-hydrogen) atoms. The van der Waals surface area contributed by atoms with Gasteiger partial charge in [-0.1, -0.05) is 54.1 Å². The van der Waals surface area contributed by atoms with Gasteiger partial charge in [0.15, 0.2) is 5.58 Å². The largest absolute Gasteiger partial charge is 0.423 e. The number of nitrogens with zero attached hydrogens (tertiary/aromatic N) is 3. The number of morpholine rings is 2. The highest BCUT2D eigenvalue weighted by atomic mass is 35.5. The van der Waals surface area contributed by atoms with E-state index in [1.54, 1.807) is 0 Å². The highest BCUT2D eigenvalue weighted by Crippen LogP contribution is 2.33. The van der Waals surface area contributed by atoms with E-state index in [0.29, 0.717) is 11.0 Å². The first-order valence-electron chi connectivity index (χ1n) is 11.0. The van der Waals surface area contributed by atoms with Crippen molar-refractivity contribution in [2.24, 2.45) is 0 Å². The summed E-state index contributed by atoms with van der Waals surface area (Å²) in [6, 6.07) is 23.5. The van der Waals surface area contributed by atoms with Gasteiger partial charge in [-0.15, -0.1) is 0 Å². The van der Waals surface area contributed by atoms with Gasteiger partial charge < -0.3 is 19.0 Å². The highest BCUT2D eigenvalue weighted by Gasteiger charge is 2.37. The lowest BCUT2D eigenvalue weighted by molar-refractivity contribution is -0.0391. The summed E-state index contributed by atoms with van der Waals surface area (Å²) in [5.74, 6) is 0. The second kappa shape index (κ2) is 7.84. The van der Waals surface area contributed by atoms with Crippen LogP contribution in [0.5, 0.6) is 0 Å². The van der Waals surface area contributed by atoms with Crippen LogP contribution < -0.4 is 9.80 Å². The SMILES string of the molecule is Cc1ccc(-c2ccccc2)cc1N1CC2CN(c3nc4cc(Cl)ccc4o3)CC(C1)O2. The number of aromatic nitrogens is 1. The van der Waals surface area contributed by atoms with Gasteiger partial charge in [-0.05, 0) is 47.9 Å². The van der Waals surface area contributed by atoms with Crippen molar-refractivity contribution in [3.05, 3.63) is 77.3 Å². The molecule has 3 heterocycles. The van der Waals surface area contributed by atoms with Gasteiger partial charge in [0.1, 0.15) is 5.52 Å². The molecule has 6 heteroatoms. The van der Waals surface area contributed by atoms with Gasteiger partial charge in [-0.2, -0.15) is 4.98 Å². The fourth-order valence-corrected chi connectivity index (χ4v) is 5.00. The third-order valence-corrected chi connectivity index (χ3v) is 6.58. The zero-order valence-corrected chi connectivity index (χ0v) is 18.6. The Bertz CT molecular complexity index is 1260. The van der Waals surface area contributed by atoms with E-state index in [2.05, 4.69) is 70.2 Å². The molecule has 0 amide bonds. The first-order valence-corrected chi connectivity index (χ1v) is 11.4. The van der Waals surface area contributed by atoms with Crippen molar-refractivity contribution in [3.8, 4) is 11.1 Å². The molecule has 0 spiro atoms. The molecular formula is C26H24ClN3O2. The lowest BCUT2D eigenvalue weighted by Gasteiger charge is -2.46. The highest BCUT2D eigenvalue weighted by molar-refractivity contribution is 6.31. The summed E-state index contributed by atoms with van der Waals surface area (Å²) in [5, 5.41) is 0.667. The monoisotopic (exact) mass is 445 g/mol. The molecule has 4 aromatic rings. The zero-order valence-electron chi connectivity index (χ0n) is 17.9. The predicted molar refractivity (Wildman–Crippen MR) is 129 cm³/mol. The molecule has 2 bridgehead atoms. The smallest absolute Gasteiger partial charge is 0.298 e. The van der Waals surface area contributed by atoms with Crippen LogP contribution >= 0.6 is 11.6 Å². The molecule has 2 unspecified atom stereocenters. The summed E-state index contributed by atoms with van der Waals surface area (Å²) in [7, 11) is 0.